The van der Waals surface area contributed by atoms with Crippen molar-refractivity contribution in [2.75, 3.05) is 13.2 Å². The molecule has 1 aliphatic rings. The van der Waals surface area contributed by atoms with Gasteiger partial charge < -0.3 is 56.6 Å². The first-order valence-corrected chi connectivity index (χ1v) is 34.0. The van der Waals surface area contributed by atoms with Gasteiger partial charge in [-0.3, -0.25) is 0 Å². The van der Waals surface area contributed by atoms with E-state index < -0.39 is 62.0 Å². The van der Waals surface area contributed by atoms with E-state index in [0.29, 0.717) is 51.0 Å². The van der Waals surface area contributed by atoms with Crippen LogP contribution in [0.2, 0.25) is 0 Å². The molecule has 2 aromatic carbocycles. The van der Waals surface area contributed by atoms with Crippen LogP contribution in [0.25, 0.3) is 16.9 Å². The van der Waals surface area contributed by atoms with E-state index in [1.807, 2.05) is 0 Å². The molecule has 8 unspecified atom stereocenters. The summed E-state index contributed by atoms with van der Waals surface area (Å²) < 4.78 is 1.33. The fourth-order valence-corrected chi connectivity index (χ4v) is 9.67. The summed E-state index contributed by atoms with van der Waals surface area (Å²) >= 11 is 6.80. The van der Waals surface area contributed by atoms with E-state index in [4.69, 9.17) is 0 Å². The Balaban J connectivity index is 0.00000561. The molecule has 0 fully saturated rings. The summed E-state index contributed by atoms with van der Waals surface area (Å²) in [7, 11) is 0. The van der Waals surface area contributed by atoms with Crippen LogP contribution in [-0.2, 0) is 52.5 Å². The van der Waals surface area contributed by atoms with Crippen molar-refractivity contribution >= 4 is 38.3 Å². The topological polar surface area (TPSA) is 228 Å². The third-order valence-electron chi connectivity index (χ3n) is 14.0. The van der Waals surface area contributed by atoms with Crippen LogP contribution < -0.4 is 0 Å². The van der Waals surface area contributed by atoms with Gasteiger partial charge in [0.05, 0.1) is 25.4 Å². The van der Waals surface area contributed by atoms with Gasteiger partial charge in [-0.2, -0.15) is 0 Å². The van der Waals surface area contributed by atoms with Crippen molar-refractivity contribution < 1.29 is 69.7 Å². The van der Waals surface area contributed by atoms with Gasteiger partial charge >= 0.3 is 40.8 Å². The molecule has 0 aromatic heterocycles. The van der Waals surface area contributed by atoms with Crippen molar-refractivity contribution in [1.82, 2.24) is 0 Å². The predicted octanol–water partition coefficient (Wildman–Crippen LogP) is 9.81. The first-order valence-electron chi connectivity index (χ1n) is 26.9. The zero-order valence-electron chi connectivity index (χ0n) is 43.5. The number of benzene rings is 2. The molecule has 0 spiro atoms. The molecule has 71 heavy (non-hydrogen) atoms. The van der Waals surface area contributed by atoms with Crippen LogP contribution in [0, 0.1) is 0 Å². The van der Waals surface area contributed by atoms with Crippen LogP contribution in [0.15, 0.2) is 35.9 Å². The van der Waals surface area contributed by atoms with E-state index in [1.165, 1.54) is 4.70 Å². The minimum atomic E-state index is -1.73. The van der Waals surface area contributed by atoms with E-state index in [9.17, 15) is 56.6 Å². The van der Waals surface area contributed by atoms with Crippen LogP contribution in [0.3, 0.4) is 0 Å². The Hall–Kier alpha value is -1.26. The summed E-state index contributed by atoms with van der Waals surface area (Å²) in [5.41, 5.74) is 22.4. The van der Waals surface area contributed by atoms with Crippen LogP contribution >= 0.6 is 26.9 Å². The Labute approximate surface area is 448 Å². The first kappa shape index (κ1) is 65.9. The molecule has 15 heteroatoms. The quantitative estimate of drug-likeness (QED) is 0.0175. The maximum absolute atomic E-state index is 12.6. The van der Waals surface area contributed by atoms with Crippen molar-refractivity contribution in [3.8, 4) is 0 Å². The second kappa shape index (κ2) is 37.5. The molecule has 2 aromatic rings. The molecule has 12 nitrogen and oxygen atoms in total. The molecule has 3 rings (SSSR count). The minimum absolute atomic E-state index is 0.0388. The van der Waals surface area contributed by atoms with Crippen molar-refractivity contribution in [3.63, 3.8) is 0 Å². The van der Waals surface area contributed by atoms with Gasteiger partial charge in [0, 0.05) is 35.6 Å². The number of aliphatic hydroxyl groups excluding tert-OH is 10. The standard InChI is InChI=1S/C56H92N2O10.2BrH.Pd/c1-6-11-16-20-25-38-29-43(30-39(26-21-17-12-7-2)45(38)34-48(61)53(65)55(67)50(63)36-59)47-33-42(24-15-10-5)52(58(47)57)44-31-40(27-22-18-13-8-3)46(41(32-44)28-23-19-14-9-4)35-49(62)54(66)56(68)51(64)37-60;;;/h29-33,48-51,53-56,59-68H,6-28,34-37H2,1-5H3;2*1H;/q;;;+2/p-2. The van der Waals surface area contributed by atoms with Gasteiger partial charge in [-0.15, -0.1) is 0 Å². The summed E-state index contributed by atoms with van der Waals surface area (Å²) in [6, 6.07) is 8.43. The summed E-state index contributed by atoms with van der Waals surface area (Å²) in [4.78, 5) is 0. The fraction of sp³-hybridized carbons (Fsp3) is 0.714. The summed E-state index contributed by atoms with van der Waals surface area (Å²) in [6.07, 6.45) is 10.9. The van der Waals surface area contributed by atoms with Crippen LogP contribution in [0.5, 0.6) is 0 Å². The van der Waals surface area contributed by atoms with Gasteiger partial charge in [-0.05, 0) is 122 Å². The number of nitrogens with zero attached hydrogens (tertiary/aromatic N) is 2. The van der Waals surface area contributed by atoms with Crippen LogP contribution in [0.1, 0.15) is 201 Å². The van der Waals surface area contributed by atoms with E-state index >= 15 is 0 Å². The molecule has 1 aliphatic heterocycles. The molecular weight excluding hydrogens is 1130 g/mol. The SMILES string of the molecule is CCCCCCc1cc(C2=CC(CCCC)=C(c3cc(CCCCCC)c(CC(O)C(O)C(O)C(O)CO)c(CCCCCC)c3)[N+]2=[N-])cc(CCCCCC)c1CC(O)C(O)C(O)C(O)CO.[Br][Pd][Br]. The molecule has 10 N–H and O–H groups in total. The molecule has 0 aliphatic carbocycles. The molecule has 0 bridgehead atoms. The fourth-order valence-electron chi connectivity index (χ4n) is 9.67. The molecule has 0 saturated heterocycles. The first-order chi connectivity index (χ1) is 34.1. The molecule has 410 valence electrons. The van der Waals surface area contributed by atoms with Crippen LogP contribution in [0.4, 0.5) is 0 Å². The number of aryl methyl sites for hydroxylation is 4. The summed E-state index contributed by atoms with van der Waals surface area (Å²) in [6.45, 7) is 9.30. The molecule has 0 amide bonds. The number of allylic oxidation sites excluding steroid dienone is 2. The van der Waals surface area contributed by atoms with Gasteiger partial charge in [-0.1, -0.05) is 118 Å². The van der Waals surface area contributed by atoms with Gasteiger partial charge in [-0.25, -0.2) is 4.70 Å². The van der Waals surface area contributed by atoms with Crippen LogP contribution in [-0.4, -0.2) is 118 Å². The summed E-state index contributed by atoms with van der Waals surface area (Å²) in [5.74, 6) is 0. The van der Waals surface area contributed by atoms with Gasteiger partial charge in [0.15, 0.2) is 0 Å². The predicted molar refractivity (Wildman–Crippen MR) is 290 cm³/mol. The molecular formula is C56H92Br2N2O10Pd. The van der Waals surface area contributed by atoms with Gasteiger partial charge in [0.1, 0.15) is 36.6 Å². The maximum atomic E-state index is 12.6. The van der Waals surface area contributed by atoms with Crippen molar-refractivity contribution in [3.05, 3.63) is 86.0 Å². The number of hydrogen-bond acceptors (Lipinski definition) is 10. The van der Waals surface area contributed by atoms with Crippen molar-refractivity contribution in [1.29, 1.82) is 0 Å². The van der Waals surface area contributed by atoms with Crippen molar-refractivity contribution in [2.45, 2.75) is 244 Å². The third kappa shape index (κ3) is 21.7. The second-order valence-electron chi connectivity index (χ2n) is 19.7. The zero-order valence-corrected chi connectivity index (χ0v) is 48.3. The molecule has 1 heterocycles. The van der Waals surface area contributed by atoms with Crippen molar-refractivity contribution in [2.24, 2.45) is 0 Å². The molecule has 0 saturated carbocycles. The van der Waals surface area contributed by atoms with E-state index in [-0.39, 0.29) is 12.8 Å². The number of halogens is 2. The Morgan fingerprint density at radius 3 is 1.07 bits per heavy atom. The average molecular weight is 1220 g/mol. The Bertz CT molecular complexity index is 1820. The number of unbranched alkanes of at least 4 members (excludes halogenated alkanes) is 13. The Morgan fingerprint density at radius 1 is 0.451 bits per heavy atom. The number of rotatable bonds is 37. The summed E-state index contributed by atoms with van der Waals surface area (Å²) in [5, 5.41) is 105. The Morgan fingerprint density at radius 2 is 0.761 bits per heavy atom. The zero-order chi connectivity index (χ0) is 52.9. The normalized spacial score (nSPS) is 16.4. The van der Waals surface area contributed by atoms with Gasteiger partial charge in [0.2, 0.25) is 11.4 Å². The Kier molecular flexibility index (Phi) is 34.8. The van der Waals surface area contributed by atoms with E-state index in [2.05, 4.69) is 91.8 Å². The third-order valence-corrected chi connectivity index (χ3v) is 14.0. The molecule has 0 radical (unpaired) electrons. The van der Waals surface area contributed by atoms with E-state index in [1.54, 1.807) is 0 Å². The number of hydrogen-bond donors (Lipinski definition) is 10. The van der Waals surface area contributed by atoms with E-state index in [0.717, 1.165) is 172 Å². The average Bonchev–Trinajstić information content (AvgIpc) is 3.70. The molecule has 8 atom stereocenters. The van der Waals surface area contributed by atoms with Gasteiger partial charge in [0.25, 0.3) is 0 Å². The number of aliphatic hydroxyl groups is 10. The second-order valence-corrected chi connectivity index (χ2v) is 26.8. The monoisotopic (exact) mass is 1220 g/mol.